The van der Waals surface area contributed by atoms with Gasteiger partial charge in [0.25, 0.3) is 5.91 Å². The summed E-state index contributed by atoms with van der Waals surface area (Å²) in [4.78, 5) is 14.4. The molecule has 1 aliphatic carbocycles. The van der Waals surface area contributed by atoms with Crippen molar-refractivity contribution in [2.45, 2.75) is 78.0 Å². The number of hydrogen-bond donors (Lipinski definition) is 1. The summed E-state index contributed by atoms with van der Waals surface area (Å²) in [6, 6.07) is 2.03. The summed E-state index contributed by atoms with van der Waals surface area (Å²) >= 11 is 0. The number of benzene rings is 1. The first-order valence-corrected chi connectivity index (χ1v) is 14.5. The summed E-state index contributed by atoms with van der Waals surface area (Å²) < 4.78 is 145. The van der Waals surface area contributed by atoms with Crippen molar-refractivity contribution in [3.63, 3.8) is 0 Å². The second-order valence-electron chi connectivity index (χ2n) is 9.32. The van der Waals surface area contributed by atoms with Crippen molar-refractivity contribution in [2.75, 3.05) is 0 Å². The molecule has 16 heteroatoms. The minimum Gasteiger partial charge on any atom is -0.348 e. The topological polar surface area (TPSA) is 110 Å². The second kappa shape index (κ2) is 10.3. The van der Waals surface area contributed by atoms with Gasteiger partial charge in [-0.15, -0.1) is 0 Å². The van der Waals surface area contributed by atoms with Gasteiger partial charge in [0.1, 0.15) is 5.69 Å². The van der Waals surface area contributed by atoms with E-state index in [9.17, 15) is 48.0 Å². The molecule has 0 spiro atoms. The van der Waals surface area contributed by atoms with Crippen LogP contribution in [0, 0.1) is 0 Å². The Hall–Kier alpha value is -2.75. The summed E-state index contributed by atoms with van der Waals surface area (Å²) in [6.07, 6.45) is -11.6. The van der Waals surface area contributed by atoms with Crippen molar-refractivity contribution in [3.8, 4) is 0 Å². The van der Waals surface area contributed by atoms with Crippen molar-refractivity contribution in [1.29, 1.82) is 0 Å². The molecule has 7 nitrogen and oxygen atoms in total. The third-order valence-corrected chi connectivity index (χ3v) is 10.8. The molecule has 1 aromatic carbocycles. The normalized spacial score (nSPS) is 21.1. The average molecular weight is 605 g/mol. The van der Waals surface area contributed by atoms with Crippen LogP contribution < -0.4 is 5.32 Å². The van der Waals surface area contributed by atoms with Crippen LogP contribution in [0.1, 0.15) is 61.1 Å². The molecule has 0 unspecified atom stereocenters. The molecule has 1 fully saturated rings. The van der Waals surface area contributed by atoms with Gasteiger partial charge >= 0.3 is 12.4 Å². The lowest BCUT2D eigenvalue weighted by Gasteiger charge is -2.34. The number of alkyl halides is 7. The number of nitrogens with zero attached hydrogens (tertiary/aromatic N) is 1. The molecule has 1 aromatic heterocycles. The Labute approximate surface area is 219 Å². The number of halogens is 7. The molecule has 1 aliphatic rings. The number of nitrogens with one attached hydrogen (secondary N) is 1. The van der Waals surface area contributed by atoms with E-state index in [-0.39, 0.29) is 12.8 Å². The number of pyridine rings is 1. The first-order chi connectivity index (χ1) is 17.7. The van der Waals surface area contributed by atoms with Gasteiger partial charge in [-0.2, -0.15) is 26.3 Å². The minimum absolute atomic E-state index is 0.295. The van der Waals surface area contributed by atoms with Gasteiger partial charge in [-0.05, 0) is 63.8 Å². The summed E-state index contributed by atoms with van der Waals surface area (Å²) in [5, 5.41) is -1.80. The van der Waals surface area contributed by atoms with Crippen LogP contribution in [0.15, 0.2) is 46.3 Å². The van der Waals surface area contributed by atoms with Crippen molar-refractivity contribution >= 4 is 25.6 Å². The smallest absolute Gasteiger partial charge is 0.348 e. The molecule has 1 saturated carbocycles. The van der Waals surface area contributed by atoms with Crippen LogP contribution in [-0.4, -0.2) is 44.0 Å². The molecular weight excluding hydrogens is 581 g/mol. The zero-order chi connectivity index (χ0) is 29.6. The van der Waals surface area contributed by atoms with Crippen molar-refractivity contribution in [2.24, 2.45) is 0 Å². The molecule has 0 bridgehead atoms. The first kappa shape index (κ1) is 30.8. The van der Waals surface area contributed by atoms with E-state index in [4.69, 9.17) is 0 Å². The summed E-state index contributed by atoms with van der Waals surface area (Å²) in [5.41, 5.74) is -3.48. The first-order valence-electron chi connectivity index (χ1n) is 11.4. The molecule has 39 heavy (non-hydrogen) atoms. The van der Waals surface area contributed by atoms with E-state index >= 15 is 4.39 Å². The number of rotatable bonds is 6. The average Bonchev–Trinajstić information content (AvgIpc) is 2.84. The Morgan fingerprint density at radius 1 is 0.974 bits per heavy atom. The Morgan fingerprint density at radius 3 is 2.05 bits per heavy atom. The van der Waals surface area contributed by atoms with Crippen LogP contribution in [0.5, 0.6) is 0 Å². The van der Waals surface area contributed by atoms with E-state index in [1.165, 1.54) is 13.8 Å². The van der Waals surface area contributed by atoms with Gasteiger partial charge in [0.15, 0.2) is 9.84 Å². The highest BCUT2D eigenvalue weighted by molar-refractivity contribution is 7.92. The number of aromatic nitrogens is 1. The predicted octanol–water partition coefficient (Wildman–Crippen LogP) is 5.11. The van der Waals surface area contributed by atoms with E-state index in [0.29, 0.717) is 24.4 Å². The maximum absolute atomic E-state index is 15.6. The van der Waals surface area contributed by atoms with Crippen molar-refractivity contribution < 1.29 is 52.4 Å². The van der Waals surface area contributed by atoms with E-state index in [1.54, 1.807) is 0 Å². The molecule has 0 aliphatic heterocycles. The second-order valence-corrected chi connectivity index (χ2v) is 14.0. The fraction of sp³-hybridized carbons (Fsp3) is 0.478. The lowest BCUT2D eigenvalue weighted by atomic mass is 9.93. The summed E-state index contributed by atoms with van der Waals surface area (Å²) in [6.45, 7) is 2.40. The van der Waals surface area contributed by atoms with Crippen LogP contribution in [-0.2, 0) is 32.0 Å². The van der Waals surface area contributed by atoms with E-state index in [2.05, 4.69) is 10.3 Å². The Kier molecular flexibility index (Phi) is 8.16. The quantitative estimate of drug-likeness (QED) is 0.459. The van der Waals surface area contributed by atoms with Gasteiger partial charge in [-0.1, -0.05) is 6.07 Å². The SMILES string of the molecule is CC(C)S(=O)(=O)c1cc(C(F)(F)F)cnc1C(=O)NC1CCC(F)(S(=O)(=O)c2cccc(C(F)(F)F)c2)CC1. The minimum atomic E-state index is -4.94. The monoisotopic (exact) mass is 604 g/mol. The van der Waals surface area contributed by atoms with Gasteiger partial charge < -0.3 is 5.32 Å². The number of hydrogen-bond acceptors (Lipinski definition) is 6. The van der Waals surface area contributed by atoms with Crippen molar-refractivity contribution in [3.05, 3.63) is 53.3 Å². The largest absolute Gasteiger partial charge is 0.417 e. The van der Waals surface area contributed by atoms with Gasteiger partial charge in [0, 0.05) is 12.2 Å². The molecule has 0 atom stereocenters. The van der Waals surface area contributed by atoms with Crippen LogP contribution in [0.3, 0.4) is 0 Å². The lowest BCUT2D eigenvalue weighted by molar-refractivity contribution is -0.138. The van der Waals surface area contributed by atoms with Gasteiger partial charge in [-0.3, -0.25) is 4.79 Å². The van der Waals surface area contributed by atoms with Crippen LogP contribution in [0.4, 0.5) is 30.7 Å². The molecule has 0 radical (unpaired) electrons. The fourth-order valence-corrected chi connectivity index (χ4v) is 6.96. The highest BCUT2D eigenvalue weighted by Gasteiger charge is 2.48. The molecule has 1 heterocycles. The summed E-state index contributed by atoms with van der Waals surface area (Å²) in [5.74, 6) is -1.17. The summed E-state index contributed by atoms with van der Waals surface area (Å²) in [7, 11) is -9.28. The molecule has 1 N–H and O–H groups in total. The van der Waals surface area contributed by atoms with Crippen LogP contribution in [0.25, 0.3) is 0 Å². The van der Waals surface area contributed by atoms with Crippen LogP contribution in [0.2, 0.25) is 0 Å². The highest BCUT2D eigenvalue weighted by Crippen LogP contribution is 2.41. The predicted molar refractivity (Wildman–Crippen MR) is 124 cm³/mol. The molecule has 1 amide bonds. The van der Waals surface area contributed by atoms with E-state index in [1.807, 2.05) is 0 Å². The maximum Gasteiger partial charge on any atom is 0.417 e. The maximum atomic E-state index is 15.6. The van der Waals surface area contributed by atoms with Gasteiger partial charge in [0.05, 0.1) is 26.2 Å². The Bertz CT molecular complexity index is 1460. The third-order valence-electron chi connectivity index (χ3n) is 6.34. The van der Waals surface area contributed by atoms with Crippen LogP contribution >= 0.6 is 0 Å². The fourth-order valence-electron chi connectivity index (χ4n) is 4.01. The lowest BCUT2D eigenvalue weighted by Crippen LogP contribution is -2.45. The molecular formula is C23H23F7N2O5S2. The molecule has 216 valence electrons. The standard InChI is InChI=1S/C23H23F7N2O5S2/c1-13(2)38(34,35)18-11-15(23(28,29)30)12-31-19(18)20(33)32-16-6-8-21(24,9-7-16)39(36,37)17-5-3-4-14(10-17)22(25,26)27/h3-5,10-13,16H,6-9H2,1-2H3,(H,32,33). The number of carbonyl (C=O) groups is 1. The van der Waals surface area contributed by atoms with Crippen molar-refractivity contribution in [1.82, 2.24) is 10.3 Å². The zero-order valence-electron chi connectivity index (χ0n) is 20.4. The number of amides is 1. The Morgan fingerprint density at radius 2 is 1.54 bits per heavy atom. The van der Waals surface area contributed by atoms with E-state index in [0.717, 1.165) is 12.1 Å². The highest BCUT2D eigenvalue weighted by atomic mass is 32.2. The van der Waals surface area contributed by atoms with Gasteiger partial charge in [-0.25, -0.2) is 26.2 Å². The van der Waals surface area contributed by atoms with E-state index < -0.39 is 93.7 Å². The Balaban J connectivity index is 1.82. The molecule has 2 aromatic rings. The molecule has 0 saturated heterocycles. The molecule has 3 rings (SSSR count). The third kappa shape index (κ3) is 6.21. The van der Waals surface area contributed by atoms with Gasteiger partial charge in [0.2, 0.25) is 14.8 Å². The number of carbonyl (C=O) groups excluding carboxylic acids is 1. The zero-order valence-corrected chi connectivity index (χ0v) is 22.0. The number of sulfone groups is 2.